The molecule has 0 radical (unpaired) electrons. The number of nitrogens with one attached hydrogen (secondary N) is 1. The molecule has 1 aromatic carbocycles. The van der Waals surface area contributed by atoms with Gasteiger partial charge in [0.25, 0.3) is 0 Å². The predicted molar refractivity (Wildman–Crippen MR) is 65.2 cm³/mol. The molecule has 0 heterocycles. The quantitative estimate of drug-likeness (QED) is 0.793. The first kappa shape index (κ1) is 10.7. The van der Waals surface area contributed by atoms with Crippen LogP contribution in [0.4, 0.5) is 0 Å². The Kier molecular flexibility index (Phi) is 3.42. The van der Waals surface area contributed by atoms with Crippen LogP contribution < -0.4 is 5.32 Å². The first-order chi connectivity index (χ1) is 7.33. The summed E-state index contributed by atoms with van der Waals surface area (Å²) in [4.78, 5) is 0. The van der Waals surface area contributed by atoms with Crippen molar-refractivity contribution in [1.82, 2.24) is 5.32 Å². The van der Waals surface area contributed by atoms with Gasteiger partial charge in [0, 0.05) is 0 Å². The lowest BCUT2D eigenvalue weighted by Gasteiger charge is -2.38. The van der Waals surface area contributed by atoms with Gasteiger partial charge in [-0.2, -0.15) is 0 Å². The summed E-state index contributed by atoms with van der Waals surface area (Å²) in [6.45, 7) is 6.70. The van der Waals surface area contributed by atoms with Gasteiger partial charge in [0.1, 0.15) is 0 Å². The topological polar surface area (TPSA) is 12.0 Å². The second-order valence-corrected chi connectivity index (χ2v) is 4.61. The van der Waals surface area contributed by atoms with E-state index in [1.165, 1.54) is 24.9 Å². The molecular formula is C14H21N. The third kappa shape index (κ3) is 2.23. The van der Waals surface area contributed by atoms with E-state index < -0.39 is 0 Å². The van der Waals surface area contributed by atoms with Crippen LogP contribution in [-0.4, -0.2) is 13.1 Å². The van der Waals surface area contributed by atoms with Crippen LogP contribution in [0, 0.1) is 12.8 Å². The van der Waals surface area contributed by atoms with Gasteiger partial charge in [-0.15, -0.1) is 0 Å². The fourth-order valence-corrected chi connectivity index (χ4v) is 2.56. The highest BCUT2D eigenvalue weighted by Crippen LogP contribution is 2.43. The highest BCUT2D eigenvalue weighted by molar-refractivity contribution is 5.31. The molecule has 2 unspecified atom stereocenters. The van der Waals surface area contributed by atoms with Crippen molar-refractivity contribution in [2.45, 2.75) is 32.6 Å². The van der Waals surface area contributed by atoms with Crippen molar-refractivity contribution in [3.63, 3.8) is 0 Å². The Balaban J connectivity index is 2.02. The van der Waals surface area contributed by atoms with E-state index in [1.807, 2.05) is 0 Å². The molecule has 2 atom stereocenters. The molecule has 1 N–H and O–H groups in total. The third-order valence-electron chi connectivity index (χ3n) is 3.66. The minimum atomic E-state index is 0.810. The fraction of sp³-hybridized carbons (Fsp3) is 0.571. The van der Waals surface area contributed by atoms with E-state index in [9.17, 15) is 0 Å². The second kappa shape index (κ2) is 4.80. The Morgan fingerprint density at radius 3 is 2.67 bits per heavy atom. The normalized spacial score (nSPS) is 24.9. The maximum Gasteiger partial charge on any atom is -0.00148 e. The van der Waals surface area contributed by atoms with E-state index in [2.05, 4.69) is 43.4 Å². The predicted octanol–water partition coefficient (Wildman–Crippen LogP) is 3.10. The first-order valence-corrected chi connectivity index (χ1v) is 6.09. The molecule has 82 valence electrons. The van der Waals surface area contributed by atoms with Gasteiger partial charge in [0.05, 0.1) is 0 Å². The smallest absolute Gasteiger partial charge is 0.00148 e. The summed E-state index contributed by atoms with van der Waals surface area (Å²) in [5, 5.41) is 3.47. The molecule has 1 aliphatic rings. The Bertz CT molecular complexity index is 319. The summed E-state index contributed by atoms with van der Waals surface area (Å²) in [5.41, 5.74) is 3.04. The minimum absolute atomic E-state index is 0.810. The summed E-state index contributed by atoms with van der Waals surface area (Å²) in [7, 11) is 0. The molecular weight excluding hydrogens is 182 g/mol. The zero-order valence-corrected chi connectivity index (χ0v) is 9.79. The Morgan fingerprint density at radius 1 is 1.27 bits per heavy atom. The molecule has 1 nitrogen and oxygen atoms in total. The highest BCUT2D eigenvalue weighted by Gasteiger charge is 2.31. The Hall–Kier alpha value is -0.820. The van der Waals surface area contributed by atoms with Crippen molar-refractivity contribution in [3.8, 4) is 0 Å². The van der Waals surface area contributed by atoms with Crippen molar-refractivity contribution < 1.29 is 0 Å². The number of hydrogen-bond acceptors (Lipinski definition) is 1. The lowest BCUT2D eigenvalue weighted by molar-refractivity contribution is 0.246. The maximum absolute atomic E-state index is 3.47. The van der Waals surface area contributed by atoms with E-state index in [4.69, 9.17) is 0 Å². The van der Waals surface area contributed by atoms with Crippen LogP contribution in [0.2, 0.25) is 0 Å². The van der Waals surface area contributed by atoms with E-state index in [0.29, 0.717) is 0 Å². The molecule has 1 aromatic rings. The molecule has 1 fully saturated rings. The van der Waals surface area contributed by atoms with Gasteiger partial charge in [-0.3, -0.25) is 0 Å². The average Bonchev–Trinajstić information content (AvgIpc) is 2.20. The third-order valence-corrected chi connectivity index (χ3v) is 3.66. The number of aryl methyl sites for hydroxylation is 1. The zero-order valence-electron chi connectivity index (χ0n) is 9.79. The van der Waals surface area contributed by atoms with Crippen molar-refractivity contribution in [1.29, 1.82) is 0 Å². The van der Waals surface area contributed by atoms with Crippen LogP contribution in [0.15, 0.2) is 24.3 Å². The lowest BCUT2D eigenvalue weighted by Crippen LogP contribution is -2.34. The molecule has 1 aliphatic carbocycles. The molecule has 0 aromatic heterocycles. The summed E-state index contributed by atoms with van der Waals surface area (Å²) in [5.74, 6) is 1.68. The molecule has 1 saturated carbocycles. The van der Waals surface area contributed by atoms with E-state index in [0.717, 1.165) is 18.4 Å². The molecule has 0 bridgehead atoms. The average molecular weight is 203 g/mol. The summed E-state index contributed by atoms with van der Waals surface area (Å²) in [6, 6.07) is 8.85. The van der Waals surface area contributed by atoms with Gasteiger partial charge in [-0.1, -0.05) is 31.2 Å². The second-order valence-electron chi connectivity index (χ2n) is 4.61. The fourth-order valence-electron chi connectivity index (χ4n) is 2.56. The highest BCUT2D eigenvalue weighted by atomic mass is 14.9. The Labute approximate surface area is 92.9 Å². The van der Waals surface area contributed by atoms with Crippen LogP contribution in [0.5, 0.6) is 0 Å². The van der Waals surface area contributed by atoms with E-state index in [1.54, 1.807) is 5.56 Å². The van der Waals surface area contributed by atoms with E-state index in [-0.39, 0.29) is 0 Å². The monoisotopic (exact) mass is 203 g/mol. The molecule has 0 aliphatic heterocycles. The molecule has 0 amide bonds. The largest absolute Gasteiger partial charge is 0.317 e. The standard InChI is InChI=1S/C14H21N/c1-3-15-10-12-8-9-14(12)13-7-5-4-6-11(13)2/h4-7,12,14-15H,3,8-10H2,1-2H3. The SMILES string of the molecule is CCNCC1CCC1c1ccccc1C. The van der Waals surface area contributed by atoms with Crippen LogP contribution in [0.25, 0.3) is 0 Å². The van der Waals surface area contributed by atoms with Crippen molar-refractivity contribution in [2.24, 2.45) is 5.92 Å². The van der Waals surface area contributed by atoms with Crippen molar-refractivity contribution >= 4 is 0 Å². The van der Waals surface area contributed by atoms with Gasteiger partial charge in [0.15, 0.2) is 0 Å². The number of rotatable bonds is 4. The van der Waals surface area contributed by atoms with Crippen LogP contribution in [0.3, 0.4) is 0 Å². The Morgan fingerprint density at radius 2 is 2.07 bits per heavy atom. The molecule has 0 saturated heterocycles. The summed E-state index contributed by atoms with van der Waals surface area (Å²) in [6.07, 6.45) is 2.77. The molecule has 2 rings (SSSR count). The summed E-state index contributed by atoms with van der Waals surface area (Å²) >= 11 is 0. The van der Waals surface area contributed by atoms with Gasteiger partial charge in [-0.05, 0) is 55.8 Å². The van der Waals surface area contributed by atoms with Gasteiger partial charge < -0.3 is 5.32 Å². The van der Waals surface area contributed by atoms with E-state index >= 15 is 0 Å². The van der Waals surface area contributed by atoms with Crippen LogP contribution in [-0.2, 0) is 0 Å². The van der Waals surface area contributed by atoms with Gasteiger partial charge >= 0.3 is 0 Å². The van der Waals surface area contributed by atoms with Crippen LogP contribution >= 0.6 is 0 Å². The zero-order chi connectivity index (χ0) is 10.7. The molecule has 1 heteroatoms. The first-order valence-electron chi connectivity index (χ1n) is 6.09. The summed E-state index contributed by atoms with van der Waals surface area (Å²) < 4.78 is 0. The molecule has 15 heavy (non-hydrogen) atoms. The van der Waals surface area contributed by atoms with Gasteiger partial charge in [0.2, 0.25) is 0 Å². The lowest BCUT2D eigenvalue weighted by atomic mass is 9.69. The minimum Gasteiger partial charge on any atom is -0.317 e. The number of hydrogen-bond donors (Lipinski definition) is 1. The maximum atomic E-state index is 3.47. The van der Waals surface area contributed by atoms with Crippen LogP contribution in [0.1, 0.15) is 36.8 Å². The van der Waals surface area contributed by atoms with Gasteiger partial charge in [-0.25, -0.2) is 0 Å². The van der Waals surface area contributed by atoms with Crippen molar-refractivity contribution in [3.05, 3.63) is 35.4 Å². The number of benzene rings is 1. The molecule has 0 spiro atoms. The van der Waals surface area contributed by atoms with Crippen molar-refractivity contribution in [2.75, 3.05) is 13.1 Å².